The van der Waals surface area contributed by atoms with Crippen LogP contribution >= 0.6 is 0 Å². The van der Waals surface area contributed by atoms with Crippen molar-refractivity contribution < 1.29 is 13.2 Å². The van der Waals surface area contributed by atoms with Gasteiger partial charge in [-0.25, -0.2) is 13.2 Å². The third-order valence-corrected chi connectivity index (χ3v) is 7.06. The number of hydrogen-bond acceptors (Lipinski definition) is 0. The predicted molar refractivity (Wildman–Crippen MR) is 126 cm³/mol. The molecule has 0 nitrogen and oxygen atoms in total. The van der Waals surface area contributed by atoms with Gasteiger partial charge in [-0.15, -0.1) is 0 Å². The summed E-state index contributed by atoms with van der Waals surface area (Å²) in [4.78, 5) is 0. The molecule has 32 heavy (non-hydrogen) atoms. The van der Waals surface area contributed by atoms with E-state index in [0.29, 0.717) is 29.0 Å². The first kappa shape index (κ1) is 22.6. The number of halogens is 3. The third kappa shape index (κ3) is 4.62. The lowest BCUT2D eigenvalue weighted by Crippen LogP contribution is -2.13. The van der Waals surface area contributed by atoms with Crippen LogP contribution in [0, 0.1) is 23.4 Å². The largest absolute Gasteiger partial charge is 0.206 e. The second-order valence-corrected chi connectivity index (χ2v) is 9.08. The smallest absolute Gasteiger partial charge is 0.166 e. The van der Waals surface area contributed by atoms with Crippen LogP contribution in [-0.4, -0.2) is 0 Å². The Hall–Kier alpha value is -2.55. The molecule has 168 valence electrons. The molecule has 0 saturated heterocycles. The minimum atomic E-state index is -0.832. The summed E-state index contributed by atoms with van der Waals surface area (Å²) in [5.74, 6) is -0.579. The molecule has 0 N–H and O–H groups in total. The van der Waals surface area contributed by atoms with Crippen molar-refractivity contribution in [3.05, 3.63) is 83.2 Å². The highest BCUT2D eigenvalue weighted by Gasteiger charge is 2.22. The molecule has 0 unspecified atom stereocenters. The van der Waals surface area contributed by atoms with E-state index in [1.54, 1.807) is 49.4 Å². The molecular formula is C29H31F3. The third-order valence-electron chi connectivity index (χ3n) is 7.06. The highest BCUT2D eigenvalue weighted by Crippen LogP contribution is 2.39. The quantitative estimate of drug-likeness (QED) is 0.361. The Kier molecular flexibility index (Phi) is 7.03. The molecule has 0 atom stereocenters. The maximum absolute atomic E-state index is 15.0. The lowest BCUT2D eigenvalue weighted by atomic mass is 9.77. The maximum Gasteiger partial charge on any atom is 0.166 e. The molecular weight excluding hydrogens is 405 g/mol. The van der Waals surface area contributed by atoms with Gasteiger partial charge >= 0.3 is 0 Å². The average Bonchev–Trinajstić information content (AvgIpc) is 2.82. The molecule has 3 aromatic rings. The molecule has 0 aliphatic heterocycles. The lowest BCUT2D eigenvalue weighted by molar-refractivity contribution is 0.308. The molecule has 3 heteroatoms. The molecule has 0 radical (unpaired) electrons. The van der Waals surface area contributed by atoms with Crippen LogP contribution in [0.25, 0.3) is 22.3 Å². The first-order valence-electron chi connectivity index (χ1n) is 11.9. The van der Waals surface area contributed by atoms with E-state index in [1.165, 1.54) is 25.7 Å². The summed E-state index contributed by atoms with van der Waals surface area (Å²) in [6.45, 7) is 4.03. The zero-order chi connectivity index (χ0) is 22.7. The molecule has 1 saturated carbocycles. The van der Waals surface area contributed by atoms with Gasteiger partial charge in [-0.05, 0) is 72.3 Å². The van der Waals surface area contributed by atoms with E-state index < -0.39 is 11.6 Å². The van der Waals surface area contributed by atoms with Crippen molar-refractivity contribution in [1.82, 2.24) is 0 Å². The summed E-state index contributed by atoms with van der Waals surface area (Å²) in [5.41, 5.74) is 3.52. The van der Waals surface area contributed by atoms with Crippen LogP contribution < -0.4 is 0 Å². The Balaban J connectivity index is 1.52. The van der Waals surface area contributed by atoms with E-state index >= 15 is 4.39 Å². The van der Waals surface area contributed by atoms with Crippen molar-refractivity contribution >= 4 is 0 Å². The fourth-order valence-electron chi connectivity index (χ4n) is 5.13. The zero-order valence-electron chi connectivity index (χ0n) is 18.9. The summed E-state index contributed by atoms with van der Waals surface area (Å²) < 4.78 is 43.7. The summed E-state index contributed by atoms with van der Waals surface area (Å²) in [6, 6.07) is 15.8. The van der Waals surface area contributed by atoms with Crippen LogP contribution in [-0.2, 0) is 6.42 Å². The van der Waals surface area contributed by atoms with Gasteiger partial charge in [0, 0.05) is 11.1 Å². The molecule has 0 spiro atoms. The van der Waals surface area contributed by atoms with E-state index in [2.05, 4.69) is 13.0 Å². The van der Waals surface area contributed by atoms with Gasteiger partial charge in [0.1, 0.15) is 5.82 Å². The van der Waals surface area contributed by atoms with Crippen LogP contribution in [0.4, 0.5) is 13.2 Å². The average molecular weight is 437 g/mol. The summed E-state index contributed by atoms with van der Waals surface area (Å²) in [7, 11) is 0. The second-order valence-electron chi connectivity index (χ2n) is 9.08. The second kappa shape index (κ2) is 9.94. The van der Waals surface area contributed by atoms with E-state index in [0.717, 1.165) is 29.9 Å². The molecule has 1 fully saturated rings. The van der Waals surface area contributed by atoms with Gasteiger partial charge in [0.05, 0.1) is 0 Å². The number of aryl methyl sites for hydroxylation is 1. The summed E-state index contributed by atoms with van der Waals surface area (Å²) >= 11 is 0. The van der Waals surface area contributed by atoms with Crippen LogP contribution in [0.15, 0.2) is 54.6 Å². The van der Waals surface area contributed by atoms with Crippen molar-refractivity contribution in [3.8, 4) is 22.3 Å². The SMILES string of the molecule is CCCC1CCC(c2ccc(-c3ccc(-c4ccc(CC)c(F)c4F)cc3)c(F)c2)CC1. The molecule has 4 rings (SSSR count). The fourth-order valence-corrected chi connectivity index (χ4v) is 5.13. The minimum absolute atomic E-state index is 0.223. The van der Waals surface area contributed by atoms with Gasteiger partial charge in [-0.1, -0.05) is 75.2 Å². The van der Waals surface area contributed by atoms with Crippen LogP contribution in [0.1, 0.15) is 69.4 Å². The van der Waals surface area contributed by atoms with Gasteiger partial charge in [0.15, 0.2) is 11.6 Å². The molecule has 0 bridgehead atoms. The van der Waals surface area contributed by atoms with Crippen LogP contribution in [0.2, 0.25) is 0 Å². The minimum Gasteiger partial charge on any atom is -0.206 e. The highest BCUT2D eigenvalue weighted by molar-refractivity contribution is 5.71. The van der Waals surface area contributed by atoms with Crippen LogP contribution in [0.5, 0.6) is 0 Å². The Labute approximate surface area is 189 Å². The summed E-state index contributed by atoms with van der Waals surface area (Å²) in [5, 5.41) is 0. The van der Waals surface area contributed by atoms with Gasteiger partial charge in [0.25, 0.3) is 0 Å². The lowest BCUT2D eigenvalue weighted by Gasteiger charge is -2.28. The fraction of sp³-hybridized carbons (Fsp3) is 0.379. The number of rotatable bonds is 6. The van der Waals surface area contributed by atoms with E-state index in [1.807, 2.05) is 6.07 Å². The normalized spacial score (nSPS) is 18.7. The first-order chi connectivity index (χ1) is 15.5. The predicted octanol–water partition coefficient (Wildman–Crippen LogP) is 9.07. The zero-order valence-corrected chi connectivity index (χ0v) is 18.9. The molecule has 0 heterocycles. The van der Waals surface area contributed by atoms with E-state index in [4.69, 9.17) is 0 Å². The Morgan fingerprint density at radius 1 is 0.719 bits per heavy atom. The van der Waals surface area contributed by atoms with Crippen LogP contribution in [0.3, 0.4) is 0 Å². The molecule has 0 amide bonds. The van der Waals surface area contributed by atoms with Gasteiger partial charge < -0.3 is 0 Å². The summed E-state index contributed by atoms with van der Waals surface area (Å²) in [6.07, 6.45) is 7.73. The molecule has 0 aromatic heterocycles. The van der Waals surface area contributed by atoms with Crippen molar-refractivity contribution in [1.29, 1.82) is 0 Å². The highest BCUT2D eigenvalue weighted by atomic mass is 19.2. The Morgan fingerprint density at radius 2 is 1.34 bits per heavy atom. The van der Waals surface area contributed by atoms with E-state index in [-0.39, 0.29) is 11.4 Å². The monoisotopic (exact) mass is 436 g/mol. The maximum atomic E-state index is 15.0. The standard InChI is InChI=1S/C29H31F3/c1-3-5-19-6-8-21(9-7-19)24-15-16-25(27(30)18-24)22-10-12-23(13-11-22)26-17-14-20(4-2)28(31)29(26)32/h10-19,21H,3-9H2,1-2H3. The number of benzene rings is 3. The van der Waals surface area contributed by atoms with Gasteiger partial charge in [-0.3, -0.25) is 0 Å². The van der Waals surface area contributed by atoms with Crippen molar-refractivity contribution in [3.63, 3.8) is 0 Å². The molecule has 1 aliphatic rings. The van der Waals surface area contributed by atoms with Gasteiger partial charge in [-0.2, -0.15) is 0 Å². The Morgan fingerprint density at radius 3 is 1.94 bits per heavy atom. The number of hydrogen-bond donors (Lipinski definition) is 0. The first-order valence-corrected chi connectivity index (χ1v) is 11.9. The molecule has 1 aliphatic carbocycles. The van der Waals surface area contributed by atoms with Crippen molar-refractivity contribution in [2.75, 3.05) is 0 Å². The van der Waals surface area contributed by atoms with E-state index in [9.17, 15) is 8.78 Å². The van der Waals surface area contributed by atoms with Gasteiger partial charge in [0.2, 0.25) is 0 Å². The van der Waals surface area contributed by atoms with Crippen molar-refractivity contribution in [2.45, 2.75) is 64.7 Å². The van der Waals surface area contributed by atoms with Crippen molar-refractivity contribution in [2.24, 2.45) is 5.92 Å². The molecule has 3 aromatic carbocycles. The topological polar surface area (TPSA) is 0 Å². The Bertz CT molecular complexity index is 1060.